The van der Waals surface area contributed by atoms with Crippen LogP contribution in [0.1, 0.15) is 22.8 Å². The number of hydrogen-bond acceptors (Lipinski definition) is 3. The van der Waals surface area contributed by atoms with Gasteiger partial charge in [0, 0.05) is 17.9 Å². The monoisotopic (exact) mass is 325 g/mol. The van der Waals surface area contributed by atoms with Gasteiger partial charge in [-0.25, -0.2) is 4.39 Å². The summed E-state index contributed by atoms with van der Waals surface area (Å²) in [5.74, 6) is -1.89. The molecule has 1 aromatic carbocycles. The van der Waals surface area contributed by atoms with Crippen LogP contribution in [0.3, 0.4) is 0 Å². The van der Waals surface area contributed by atoms with Crippen molar-refractivity contribution >= 4 is 17.7 Å². The summed E-state index contributed by atoms with van der Waals surface area (Å²) in [6.45, 7) is 1.38. The van der Waals surface area contributed by atoms with Gasteiger partial charge in [0.25, 0.3) is 5.91 Å². The molecule has 3 nitrogen and oxygen atoms in total. The summed E-state index contributed by atoms with van der Waals surface area (Å²) in [7, 11) is 0. The summed E-state index contributed by atoms with van der Waals surface area (Å²) in [5, 5.41) is 12.2. The maximum atomic E-state index is 13.1. The second-order valence-electron chi connectivity index (χ2n) is 4.81. The molecule has 0 aromatic heterocycles. The maximum absolute atomic E-state index is 13.1. The van der Waals surface area contributed by atoms with Crippen LogP contribution in [-0.2, 0) is 6.18 Å². The average Bonchev–Trinajstić information content (AvgIpc) is 2.35. The van der Waals surface area contributed by atoms with E-state index in [-0.39, 0.29) is 12.1 Å². The Morgan fingerprint density at radius 1 is 1.38 bits per heavy atom. The van der Waals surface area contributed by atoms with Crippen LogP contribution in [-0.4, -0.2) is 35.2 Å². The van der Waals surface area contributed by atoms with E-state index >= 15 is 0 Å². The van der Waals surface area contributed by atoms with Crippen molar-refractivity contribution in [3.05, 3.63) is 35.1 Å². The topological polar surface area (TPSA) is 49.3 Å². The fourth-order valence-electron chi connectivity index (χ4n) is 1.62. The number of amides is 1. The van der Waals surface area contributed by atoms with Gasteiger partial charge < -0.3 is 10.4 Å². The first-order valence-corrected chi connectivity index (χ1v) is 7.32. The van der Waals surface area contributed by atoms with Gasteiger partial charge in [-0.05, 0) is 31.4 Å². The van der Waals surface area contributed by atoms with E-state index < -0.39 is 29.1 Å². The van der Waals surface area contributed by atoms with Crippen molar-refractivity contribution in [3.63, 3.8) is 0 Å². The van der Waals surface area contributed by atoms with Crippen molar-refractivity contribution in [2.75, 3.05) is 18.6 Å². The van der Waals surface area contributed by atoms with E-state index in [1.165, 1.54) is 18.7 Å². The Morgan fingerprint density at radius 3 is 2.52 bits per heavy atom. The minimum absolute atomic E-state index is 0.120. The molecule has 0 aliphatic carbocycles. The molecule has 0 bridgehead atoms. The Labute approximate surface area is 123 Å². The van der Waals surface area contributed by atoms with Crippen molar-refractivity contribution in [3.8, 4) is 0 Å². The van der Waals surface area contributed by atoms with Gasteiger partial charge in [0.2, 0.25) is 0 Å². The van der Waals surface area contributed by atoms with E-state index in [0.29, 0.717) is 17.9 Å². The number of nitrogens with one attached hydrogen (secondary N) is 1. The highest BCUT2D eigenvalue weighted by Gasteiger charge is 2.34. The summed E-state index contributed by atoms with van der Waals surface area (Å²) >= 11 is 1.36. The zero-order valence-corrected chi connectivity index (χ0v) is 12.2. The van der Waals surface area contributed by atoms with E-state index in [2.05, 4.69) is 5.32 Å². The van der Waals surface area contributed by atoms with E-state index in [1.807, 2.05) is 0 Å². The molecule has 1 amide bonds. The van der Waals surface area contributed by atoms with Crippen LogP contribution in [0.15, 0.2) is 18.2 Å². The molecule has 8 heteroatoms. The van der Waals surface area contributed by atoms with Gasteiger partial charge >= 0.3 is 6.18 Å². The fraction of sp³-hybridized carbons (Fsp3) is 0.462. The second kappa shape index (κ2) is 6.65. The fourth-order valence-corrected chi connectivity index (χ4v) is 2.34. The lowest BCUT2D eigenvalue weighted by Gasteiger charge is -2.22. The first-order valence-electron chi connectivity index (χ1n) is 5.93. The number of benzene rings is 1. The molecular formula is C13H15F4NO2S. The number of halogens is 4. The van der Waals surface area contributed by atoms with Gasteiger partial charge in [-0.1, -0.05) is 0 Å². The Kier molecular flexibility index (Phi) is 5.63. The lowest BCUT2D eigenvalue weighted by Crippen LogP contribution is -2.42. The number of carbonyl (C=O) groups is 1. The lowest BCUT2D eigenvalue weighted by atomic mass is 10.1. The number of aliphatic hydroxyl groups is 1. The summed E-state index contributed by atoms with van der Waals surface area (Å²) in [4.78, 5) is 11.8. The first kappa shape index (κ1) is 17.8. The predicted molar refractivity (Wildman–Crippen MR) is 72.7 cm³/mol. The Balaban J connectivity index is 2.85. The van der Waals surface area contributed by atoms with Crippen molar-refractivity contribution in [2.24, 2.45) is 0 Å². The molecule has 0 saturated heterocycles. The number of hydrogen-bond donors (Lipinski definition) is 2. The van der Waals surface area contributed by atoms with Crippen molar-refractivity contribution < 1.29 is 27.5 Å². The van der Waals surface area contributed by atoms with E-state index in [4.69, 9.17) is 0 Å². The smallest absolute Gasteiger partial charge is 0.387 e. The van der Waals surface area contributed by atoms with Crippen LogP contribution >= 0.6 is 11.8 Å². The Hall–Kier alpha value is -1.28. The second-order valence-corrected chi connectivity index (χ2v) is 5.67. The highest BCUT2D eigenvalue weighted by molar-refractivity contribution is 7.98. The van der Waals surface area contributed by atoms with Gasteiger partial charge in [0.05, 0.1) is 11.2 Å². The summed E-state index contributed by atoms with van der Waals surface area (Å²) < 4.78 is 50.8. The number of alkyl halides is 3. The van der Waals surface area contributed by atoms with Gasteiger partial charge in [0.1, 0.15) is 5.82 Å². The third kappa shape index (κ3) is 5.20. The third-order valence-corrected chi connectivity index (χ3v) is 3.53. The molecule has 0 saturated carbocycles. The average molecular weight is 325 g/mol. The summed E-state index contributed by atoms with van der Waals surface area (Å²) in [6.07, 6.45) is -3.10. The van der Waals surface area contributed by atoms with E-state index in [9.17, 15) is 27.5 Å². The van der Waals surface area contributed by atoms with Crippen LogP contribution in [0.25, 0.3) is 0 Å². The van der Waals surface area contributed by atoms with Gasteiger partial charge in [-0.3, -0.25) is 4.79 Å². The molecule has 0 unspecified atom stereocenters. The minimum atomic E-state index is -4.87. The highest BCUT2D eigenvalue weighted by atomic mass is 32.2. The highest BCUT2D eigenvalue weighted by Crippen LogP contribution is 2.31. The molecule has 0 aliphatic heterocycles. The zero-order chi connectivity index (χ0) is 16.3. The molecule has 0 radical (unpaired) electrons. The third-order valence-electron chi connectivity index (χ3n) is 2.62. The molecule has 1 aromatic rings. The molecule has 0 fully saturated rings. The van der Waals surface area contributed by atoms with Crippen molar-refractivity contribution in [1.82, 2.24) is 5.32 Å². The molecule has 0 aliphatic rings. The van der Waals surface area contributed by atoms with Gasteiger partial charge in [-0.15, -0.1) is 0 Å². The first-order chi connectivity index (χ1) is 9.57. The quantitative estimate of drug-likeness (QED) is 0.819. The predicted octanol–water partition coefficient (Wildman–Crippen LogP) is 2.69. The van der Waals surface area contributed by atoms with E-state index in [1.54, 1.807) is 6.26 Å². The minimum Gasteiger partial charge on any atom is -0.387 e. The SMILES string of the molecule is CSC[C@](C)(O)CNC(=O)c1ccc(F)c(C(F)(F)F)c1. The molecule has 1 atom stereocenters. The zero-order valence-electron chi connectivity index (χ0n) is 11.4. The molecule has 118 valence electrons. The molecule has 2 N–H and O–H groups in total. The molecular weight excluding hydrogens is 310 g/mol. The molecule has 1 rings (SSSR count). The number of rotatable bonds is 5. The maximum Gasteiger partial charge on any atom is 0.419 e. The van der Waals surface area contributed by atoms with Crippen LogP contribution in [0.5, 0.6) is 0 Å². The van der Waals surface area contributed by atoms with Crippen LogP contribution in [0.4, 0.5) is 17.6 Å². The van der Waals surface area contributed by atoms with Crippen LogP contribution in [0.2, 0.25) is 0 Å². The largest absolute Gasteiger partial charge is 0.419 e. The van der Waals surface area contributed by atoms with Gasteiger partial charge in [-0.2, -0.15) is 24.9 Å². The lowest BCUT2D eigenvalue weighted by molar-refractivity contribution is -0.140. The Bertz CT molecular complexity index is 517. The van der Waals surface area contributed by atoms with E-state index in [0.717, 1.165) is 6.07 Å². The van der Waals surface area contributed by atoms with Crippen molar-refractivity contribution in [1.29, 1.82) is 0 Å². The standard InChI is InChI=1S/C13H15F4NO2S/c1-12(20,7-21-2)6-18-11(19)8-3-4-10(14)9(5-8)13(15,16)17/h3-5,20H,6-7H2,1-2H3,(H,18,19)/t12-/m1/s1. The molecule has 0 spiro atoms. The molecule has 0 heterocycles. The Morgan fingerprint density at radius 2 is 2.00 bits per heavy atom. The summed E-state index contributed by atoms with van der Waals surface area (Å²) in [5.41, 5.74) is -2.99. The number of carbonyl (C=O) groups excluding carboxylic acids is 1. The van der Waals surface area contributed by atoms with Crippen molar-refractivity contribution in [2.45, 2.75) is 18.7 Å². The normalized spacial score (nSPS) is 14.6. The van der Waals surface area contributed by atoms with Crippen LogP contribution in [0, 0.1) is 5.82 Å². The molecule has 21 heavy (non-hydrogen) atoms. The summed E-state index contributed by atoms with van der Waals surface area (Å²) in [6, 6.07) is 2.01. The van der Waals surface area contributed by atoms with Crippen LogP contribution < -0.4 is 5.32 Å². The van der Waals surface area contributed by atoms with Gasteiger partial charge in [0.15, 0.2) is 0 Å². The number of thioether (sulfide) groups is 1.